The summed E-state index contributed by atoms with van der Waals surface area (Å²) in [4.78, 5) is 14.5. The Labute approximate surface area is 109 Å². The molecule has 3 heteroatoms. The van der Waals surface area contributed by atoms with Crippen LogP contribution in [-0.2, 0) is 0 Å². The Balaban J connectivity index is 1.89. The van der Waals surface area contributed by atoms with E-state index in [0.717, 1.165) is 43.6 Å². The van der Waals surface area contributed by atoms with Crippen LogP contribution in [0.2, 0.25) is 0 Å². The molecule has 0 atom stereocenters. The summed E-state index contributed by atoms with van der Waals surface area (Å²) < 4.78 is 0. The van der Waals surface area contributed by atoms with Crippen molar-refractivity contribution in [3.8, 4) is 0 Å². The summed E-state index contributed by atoms with van der Waals surface area (Å²) in [5.74, 6) is 0.0636. The average molecular weight is 246 g/mol. The van der Waals surface area contributed by atoms with Crippen molar-refractivity contribution in [1.82, 2.24) is 10.2 Å². The van der Waals surface area contributed by atoms with Crippen LogP contribution in [0.25, 0.3) is 0 Å². The van der Waals surface area contributed by atoms with E-state index in [2.05, 4.69) is 17.1 Å². The molecule has 2 rings (SSSR count). The van der Waals surface area contributed by atoms with Crippen LogP contribution in [0.4, 0.5) is 0 Å². The minimum Gasteiger partial charge on any atom is -0.349 e. The molecule has 0 aliphatic carbocycles. The molecule has 1 saturated heterocycles. The van der Waals surface area contributed by atoms with Crippen LogP contribution < -0.4 is 5.32 Å². The second-order valence-electron chi connectivity index (χ2n) is 5.05. The number of carbonyl (C=O) groups excluding carboxylic acids is 1. The lowest BCUT2D eigenvalue weighted by Gasteiger charge is -2.31. The highest BCUT2D eigenvalue weighted by molar-refractivity contribution is 5.94. The number of aryl methyl sites for hydroxylation is 1. The summed E-state index contributed by atoms with van der Waals surface area (Å²) in [5, 5.41) is 3.14. The summed E-state index contributed by atoms with van der Waals surface area (Å²) in [6.45, 7) is 7.49. The van der Waals surface area contributed by atoms with Gasteiger partial charge in [-0.05, 0) is 38.4 Å². The Bertz CT molecular complexity index is 409. The van der Waals surface area contributed by atoms with Gasteiger partial charge in [-0.2, -0.15) is 0 Å². The van der Waals surface area contributed by atoms with Gasteiger partial charge < -0.3 is 10.2 Å². The monoisotopic (exact) mass is 246 g/mol. The van der Waals surface area contributed by atoms with Crippen LogP contribution >= 0.6 is 0 Å². The van der Waals surface area contributed by atoms with Crippen molar-refractivity contribution in [2.45, 2.75) is 32.7 Å². The zero-order valence-corrected chi connectivity index (χ0v) is 11.3. The lowest BCUT2D eigenvalue weighted by Crippen LogP contribution is -2.44. The van der Waals surface area contributed by atoms with Gasteiger partial charge in [0.05, 0.1) is 0 Å². The first-order valence-corrected chi connectivity index (χ1v) is 6.79. The van der Waals surface area contributed by atoms with Gasteiger partial charge >= 0.3 is 0 Å². The van der Waals surface area contributed by atoms with Crippen molar-refractivity contribution in [2.75, 3.05) is 19.6 Å². The van der Waals surface area contributed by atoms with Crippen LogP contribution in [0.5, 0.6) is 0 Å². The summed E-state index contributed by atoms with van der Waals surface area (Å²) in [5.41, 5.74) is 1.90. The predicted molar refractivity (Wildman–Crippen MR) is 73.8 cm³/mol. The largest absolute Gasteiger partial charge is 0.349 e. The highest BCUT2D eigenvalue weighted by Crippen LogP contribution is 2.11. The molecule has 0 aromatic heterocycles. The van der Waals surface area contributed by atoms with Gasteiger partial charge in [0.15, 0.2) is 0 Å². The van der Waals surface area contributed by atoms with Crippen molar-refractivity contribution in [1.29, 1.82) is 0 Å². The van der Waals surface area contributed by atoms with Gasteiger partial charge in [0.2, 0.25) is 0 Å². The molecule has 1 amide bonds. The molecule has 1 aliphatic rings. The molecule has 1 aliphatic heterocycles. The molecule has 1 N–H and O–H groups in total. The van der Waals surface area contributed by atoms with Gasteiger partial charge in [-0.25, -0.2) is 0 Å². The van der Waals surface area contributed by atoms with E-state index < -0.39 is 0 Å². The number of nitrogens with one attached hydrogen (secondary N) is 1. The third-order valence-electron chi connectivity index (χ3n) is 3.65. The fourth-order valence-electron chi connectivity index (χ4n) is 2.45. The number of rotatable bonds is 3. The van der Waals surface area contributed by atoms with Gasteiger partial charge in [-0.3, -0.25) is 4.79 Å². The van der Waals surface area contributed by atoms with Crippen LogP contribution in [0.1, 0.15) is 35.7 Å². The maximum Gasteiger partial charge on any atom is 0.251 e. The molecule has 3 nitrogen and oxygen atoms in total. The van der Waals surface area contributed by atoms with E-state index in [9.17, 15) is 4.79 Å². The van der Waals surface area contributed by atoms with Gasteiger partial charge in [-0.1, -0.05) is 24.6 Å². The molecule has 0 bridgehead atoms. The highest BCUT2D eigenvalue weighted by Gasteiger charge is 2.19. The lowest BCUT2D eigenvalue weighted by molar-refractivity contribution is 0.0912. The second kappa shape index (κ2) is 6.01. The van der Waals surface area contributed by atoms with Crippen LogP contribution in [-0.4, -0.2) is 36.5 Å². The molecular formula is C15H22N2O. The number of hydrogen-bond donors (Lipinski definition) is 1. The summed E-state index contributed by atoms with van der Waals surface area (Å²) in [6, 6.07) is 8.10. The number of piperidine rings is 1. The Morgan fingerprint density at radius 1 is 1.39 bits per heavy atom. The van der Waals surface area contributed by atoms with Crippen molar-refractivity contribution in [3.05, 3.63) is 35.4 Å². The summed E-state index contributed by atoms with van der Waals surface area (Å²) in [6.07, 6.45) is 2.12. The van der Waals surface area contributed by atoms with Gasteiger partial charge in [-0.15, -0.1) is 0 Å². The number of benzene rings is 1. The Morgan fingerprint density at radius 3 is 2.72 bits per heavy atom. The number of amides is 1. The van der Waals surface area contributed by atoms with Crippen LogP contribution in [0, 0.1) is 6.92 Å². The van der Waals surface area contributed by atoms with E-state index in [4.69, 9.17) is 0 Å². The minimum absolute atomic E-state index is 0.0636. The van der Waals surface area contributed by atoms with Crippen molar-refractivity contribution < 1.29 is 4.79 Å². The van der Waals surface area contributed by atoms with E-state index in [0.29, 0.717) is 6.04 Å². The van der Waals surface area contributed by atoms with Crippen molar-refractivity contribution in [3.63, 3.8) is 0 Å². The SMILES string of the molecule is CCN1CCC(NC(=O)c2cccc(C)c2)CC1. The van der Waals surface area contributed by atoms with Crippen LogP contribution in [0.15, 0.2) is 24.3 Å². The Morgan fingerprint density at radius 2 is 2.11 bits per heavy atom. The zero-order valence-electron chi connectivity index (χ0n) is 11.3. The fraction of sp³-hybridized carbons (Fsp3) is 0.533. The summed E-state index contributed by atoms with van der Waals surface area (Å²) in [7, 11) is 0. The minimum atomic E-state index is 0.0636. The molecule has 0 unspecified atom stereocenters. The number of likely N-dealkylation sites (tertiary alicyclic amines) is 1. The first-order valence-electron chi connectivity index (χ1n) is 6.79. The quantitative estimate of drug-likeness (QED) is 0.887. The smallest absolute Gasteiger partial charge is 0.251 e. The van der Waals surface area contributed by atoms with Gasteiger partial charge in [0.1, 0.15) is 0 Å². The predicted octanol–water partition coefficient (Wildman–Crippen LogP) is 2.21. The Kier molecular flexibility index (Phi) is 4.37. The third kappa shape index (κ3) is 3.33. The van der Waals surface area contributed by atoms with E-state index in [1.165, 1.54) is 0 Å². The number of hydrogen-bond acceptors (Lipinski definition) is 2. The maximum atomic E-state index is 12.1. The fourth-order valence-corrected chi connectivity index (χ4v) is 2.45. The molecule has 1 aromatic rings. The standard InChI is InChI=1S/C15H22N2O/c1-3-17-9-7-14(8-10-17)16-15(18)13-6-4-5-12(2)11-13/h4-6,11,14H,3,7-10H2,1-2H3,(H,16,18). The van der Waals surface area contributed by atoms with Gasteiger partial charge in [0, 0.05) is 24.7 Å². The molecule has 1 heterocycles. The van der Waals surface area contributed by atoms with E-state index in [-0.39, 0.29) is 5.91 Å². The lowest BCUT2D eigenvalue weighted by atomic mass is 10.0. The topological polar surface area (TPSA) is 32.3 Å². The molecule has 18 heavy (non-hydrogen) atoms. The first-order chi connectivity index (χ1) is 8.69. The Hall–Kier alpha value is -1.35. The zero-order chi connectivity index (χ0) is 13.0. The van der Waals surface area contributed by atoms with Crippen molar-refractivity contribution in [2.24, 2.45) is 0 Å². The molecule has 1 aromatic carbocycles. The molecule has 0 saturated carbocycles. The molecular weight excluding hydrogens is 224 g/mol. The van der Waals surface area contributed by atoms with Crippen LogP contribution in [0.3, 0.4) is 0 Å². The molecule has 0 spiro atoms. The molecule has 0 radical (unpaired) electrons. The maximum absolute atomic E-state index is 12.1. The van der Waals surface area contributed by atoms with E-state index >= 15 is 0 Å². The second-order valence-corrected chi connectivity index (χ2v) is 5.05. The number of nitrogens with zero attached hydrogens (tertiary/aromatic N) is 1. The summed E-state index contributed by atoms with van der Waals surface area (Å²) >= 11 is 0. The molecule has 98 valence electrons. The van der Waals surface area contributed by atoms with Crippen molar-refractivity contribution >= 4 is 5.91 Å². The third-order valence-corrected chi connectivity index (χ3v) is 3.65. The average Bonchev–Trinajstić information content (AvgIpc) is 2.39. The van der Waals surface area contributed by atoms with E-state index in [1.807, 2.05) is 31.2 Å². The van der Waals surface area contributed by atoms with Gasteiger partial charge in [0.25, 0.3) is 5.91 Å². The normalized spacial score (nSPS) is 17.7. The highest BCUT2D eigenvalue weighted by atomic mass is 16.1. The molecule has 1 fully saturated rings. The first kappa shape index (κ1) is 13.1. The number of carbonyl (C=O) groups is 1. The van der Waals surface area contributed by atoms with E-state index in [1.54, 1.807) is 0 Å².